The zero-order valence-corrected chi connectivity index (χ0v) is 14.4. The van der Waals surface area contributed by atoms with Crippen LogP contribution in [0.1, 0.15) is 28.9 Å². The molecule has 0 bridgehead atoms. The monoisotopic (exact) mass is 347 g/mol. The van der Waals surface area contributed by atoms with Gasteiger partial charge >= 0.3 is 0 Å². The molecular weight excluding hydrogens is 326 g/mol. The average molecular weight is 347 g/mol. The number of hydrogen-bond acceptors (Lipinski definition) is 2. The summed E-state index contributed by atoms with van der Waals surface area (Å²) in [6.45, 7) is 1.29. The van der Waals surface area contributed by atoms with Crippen molar-refractivity contribution in [2.24, 2.45) is 0 Å². The molecule has 0 saturated carbocycles. The van der Waals surface area contributed by atoms with E-state index < -0.39 is 6.04 Å². The molecule has 0 unspecified atom stereocenters. The van der Waals surface area contributed by atoms with E-state index in [1.807, 2.05) is 65.2 Å². The molecule has 1 aliphatic heterocycles. The lowest BCUT2D eigenvalue weighted by molar-refractivity contribution is -0.124. The van der Waals surface area contributed by atoms with Crippen molar-refractivity contribution in [3.8, 4) is 0 Å². The summed E-state index contributed by atoms with van der Waals surface area (Å²) >= 11 is 0. The Balaban J connectivity index is 1.68. The Kier molecular flexibility index (Phi) is 4.44. The number of carbonyl (C=O) groups excluding carboxylic acids is 2. The van der Waals surface area contributed by atoms with Gasteiger partial charge < -0.3 is 15.2 Å². The number of para-hydroxylation sites is 1. The fourth-order valence-corrected chi connectivity index (χ4v) is 3.48. The first-order chi connectivity index (χ1) is 12.7. The Morgan fingerprint density at radius 2 is 1.88 bits per heavy atom. The molecule has 1 aromatic heterocycles. The molecule has 1 fully saturated rings. The molecule has 0 spiro atoms. The molecule has 2 amide bonds. The average Bonchev–Trinajstić information content (AvgIpc) is 3.03. The minimum atomic E-state index is -0.459. The predicted molar refractivity (Wildman–Crippen MR) is 101 cm³/mol. The number of nitrogens with zero attached hydrogens (tertiary/aromatic N) is 1. The number of hydrogen-bond donors (Lipinski definition) is 2. The van der Waals surface area contributed by atoms with Crippen LogP contribution in [0.25, 0.3) is 10.9 Å². The van der Waals surface area contributed by atoms with Gasteiger partial charge in [0.15, 0.2) is 0 Å². The predicted octanol–water partition coefficient (Wildman–Crippen LogP) is 2.70. The number of carbonyl (C=O) groups is 2. The van der Waals surface area contributed by atoms with E-state index >= 15 is 0 Å². The standard InChI is InChI=1S/C21H21N3O2/c25-20-17(10-6-12-22-20)23-21(26)19-13-16-9-4-5-11-18(16)24(19)14-15-7-2-1-3-8-15/h1-5,7-9,11,13,17H,6,10,12,14H2,(H,22,25)(H,23,26)/t17-/m0/s1. The highest BCUT2D eigenvalue weighted by Crippen LogP contribution is 2.22. The van der Waals surface area contributed by atoms with Crippen LogP contribution in [-0.4, -0.2) is 29.0 Å². The number of rotatable bonds is 4. The molecule has 5 heteroatoms. The quantitative estimate of drug-likeness (QED) is 0.762. The van der Waals surface area contributed by atoms with E-state index in [2.05, 4.69) is 10.6 Å². The maximum atomic E-state index is 12.9. The van der Waals surface area contributed by atoms with E-state index in [9.17, 15) is 9.59 Å². The van der Waals surface area contributed by atoms with Crippen LogP contribution >= 0.6 is 0 Å². The Bertz CT molecular complexity index is 946. The van der Waals surface area contributed by atoms with Gasteiger partial charge in [0.25, 0.3) is 5.91 Å². The van der Waals surface area contributed by atoms with Crippen molar-refractivity contribution in [3.63, 3.8) is 0 Å². The third kappa shape index (κ3) is 3.20. The number of fused-ring (bicyclic) bond motifs is 1. The van der Waals surface area contributed by atoms with Crippen LogP contribution < -0.4 is 10.6 Å². The summed E-state index contributed by atoms with van der Waals surface area (Å²) in [5.74, 6) is -0.311. The number of benzene rings is 2. The van der Waals surface area contributed by atoms with Gasteiger partial charge in [0, 0.05) is 24.0 Å². The van der Waals surface area contributed by atoms with Crippen LogP contribution in [-0.2, 0) is 11.3 Å². The largest absolute Gasteiger partial charge is 0.354 e. The van der Waals surface area contributed by atoms with Gasteiger partial charge in [-0.1, -0.05) is 48.5 Å². The summed E-state index contributed by atoms with van der Waals surface area (Å²) in [6, 6.07) is 19.4. The minimum Gasteiger partial charge on any atom is -0.354 e. The number of piperidine rings is 1. The molecule has 5 nitrogen and oxygen atoms in total. The van der Waals surface area contributed by atoms with Gasteiger partial charge in [0.05, 0.1) is 0 Å². The van der Waals surface area contributed by atoms with Gasteiger partial charge in [-0.3, -0.25) is 9.59 Å². The van der Waals surface area contributed by atoms with E-state index in [1.54, 1.807) is 0 Å². The van der Waals surface area contributed by atoms with Crippen molar-refractivity contribution < 1.29 is 9.59 Å². The molecule has 2 N–H and O–H groups in total. The van der Waals surface area contributed by atoms with Gasteiger partial charge in [-0.05, 0) is 30.5 Å². The third-order valence-electron chi connectivity index (χ3n) is 4.82. The zero-order chi connectivity index (χ0) is 17.9. The summed E-state index contributed by atoms with van der Waals surface area (Å²) in [6.07, 6.45) is 1.56. The van der Waals surface area contributed by atoms with Gasteiger partial charge in [-0.15, -0.1) is 0 Å². The second-order valence-electron chi connectivity index (χ2n) is 6.62. The molecular formula is C21H21N3O2. The molecule has 0 aliphatic carbocycles. The molecule has 4 rings (SSSR count). The van der Waals surface area contributed by atoms with Crippen LogP contribution in [0.5, 0.6) is 0 Å². The Morgan fingerprint density at radius 3 is 2.69 bits per heavy atom. The first kappa shape index (κ1) is 16.4. The van der Waals surface area contributed by atoms with Gasteiger partial charge in [0.1, 0.15) is 11.7 Å². The van der Waals surface area contributed by atoms with Crippen LogP contribution in [0.15, 0.2) is 60.7 Å². The van der Waals surface area contributed by atoms with Crippen molar-refractivity contribution in [2.45, 2.75) is 25.4 Å². The second kappa shape index (κ2) is 7.04. The second-order valence-corrected chi connectivity index (χ2v) is 6.62. The van der Waals surface area contributed by atoms with E-state index in [0.29, 0.717) is 25.2 Å². The molecule has 2 heterocycles. The minimum absolute atomic E-state index is 0.102. The maximum Gasteiger partial charge on any atom is 0.268 e. The summed E-state index contributed by atoms with van der Waals surface area (Å²) in [4.78, 5) is 24.9. The first-order valence-corrected chi connectivity index (χ1v) is 8.93. The van der Waals surface area contributed by atoms with Crippen LogP contribution in [0, 0.1) is 0 Å². The van der Waals surface area contributed by atoms with Crippen molar-refractivity contribution in [3.05, 3.63) is 71.9 Å². The van der Waals surface area contributed by atoms with Gasteiger partial charge in [-0.25, -0.2) is 0 Å². The fraction of sp³-hybridized carbons (Fsp3) is 0.238. The number of amides is 2. The Hall–Kier alpha value is -3.08. The molecule has 26 heavy (non-hydrogen) atoms. The van der Waals surface area contributed by atoms with Crippen LogP contribution in [0.3, 0.4) is 0 Å². The summed E-state index contributed by atoms with van der Waals surface area (Å²) in [5.41, 5.74) is 2.71. The zero-order valence-electron chi connectivity index (χ0n) is 14.4. The topological polar surface area (TPSA) is 63.1 Å². The lowest BCUT2D eigenvalue weighted by atomic mass is 10.1. The Morgan fingerprint density at radius 1 is 1.12 bits per heavy atom. The summed E-state index contributed by atoms with van der Waals surface area (Å²) < 4.78 is 2.01. The highest BCUT2D eigenvalue weighted by atomic mass is 16.2. The molecule has 0 radical (unpaired) electrons. The summed E-state index contributed by atoms with van der Waals surface area (Å²) in [7, 11) is 0. The van der Waals surface area contributed by atoms with E-state index in [1.165, 1.54) is 0 Å². The van der Waals surface area contributed by atoms with E-state index in [4.69, 9.17) is 0 Å². The SMILES string of the molecule is O=C(N[C@H]1CCCNC1=O)c1cc2ccccc2n1Cc1ccccc1. The normalized spacial score (nSPS) is 17.1. The molecule has 3 aromatic rings. The lowest BCUT2D eigenvalue weighted by Crippen LogP contribution is -2.50. The number of nitrogens with one attached hydrogen (secondary N) is 2. The molecule has 2 aromatic carbocycles. The van der Waals surface area contributed by atoms with Gasteiger partial charge in [-0.2, -0.15) is 0 Å². The van der Waals surface area contributed by atoms with Crippen LogP contribution in [0.2, 0.25) is 0 Å². The molecule has 132 valence electrons. The summed E-state index contributed by atoms with van der Waals surface area (Å²) in [5, 5.41) is 6.73. The van der Waals surface area contributed by atoms with Crippen LogP contribution in [0.4, 0.5) is 0 Å². The maximum absolute atomic E-state index is 12.9. The highest BCUT2D eigenvalue weighted by molar-refractivity contribution is 6.01. The smallest absolute Gasteiger partial charge is 0.268 e. The fourth-order valence-electron chi connectivity index (χ4n) is 3.48. The highest BCUT2D eigenvalue weighted by Gasteiger charge is 2.25. The van der Waals surface area contributed by atoms with Crippen molar-refractivity contribution in [1.82, 2.24) is 15.2 Å². The number of aromatic nitrogens is 1. The van der Waals surface area contributed by atoms with Gasteiger partial charge in [0.2, 0.25) is 5.91 Å². The third-order valence-corrected chi connectivity index (χ3v) is 4.82. The Labute approximate surface area is 152 Å². The molecule has 1 atom stereocenters. The molecule has 1 aliphatic rings. The van der Waals surface area contributed by atoms with Crippen molar-refractivity contribution >= 4 is 22.7 Å². The first-order valence-electron chi connectivity index (χ1n) is 8.93. The van der Waals surface area contributed by atoms with E-state index in [-0.39, 0.29) is 11.8 Å². The lowest BCUT2D eigenvalue weighted by Gasteiger charge is -2.23. The van der Waals surface area contributed by atoms with Crippen molar-refractivity contribution in [2.75, 3.05) is 6.54 Å². The van der Waals surface area contributed by atoms with E-state index in [0.717, 1.165) is 22.9 Å². The molecule has 1 saturated heterocycles. The van der Waals surface area contributed by atoms with Crippen molar-refractivity contribution in [1.29, 1.82) is 0 Å².